The number of anilines is 1. The molecule has 3 rings (SSSR count). The molecule has 3 aromatic carbocycles. The molecule has 1 N–H and O–H groups in total. The largest absolute Gasteiger partial charge is 0.384 e. The van der Waals surface area contributed by atoms with E-state index >= 15 is 0 Å². The lowest BCUT2D eigenvalue weighted by Crippen LogP contribution is -2.15. The fraction of sp³-hybridized carbons (Fsp3) is 0.217. The first kappa shape index (κ1) is 16.3. The van der Waals surface area contributed by atoms with Crippen LogP contribution in [-0.2, 0) is 0 Å². The highest BCUT2D eigenvalue weighted by Crippen LogP contribution is 2.27. The fourth-order valence-electron chi connectivity index (χ4n) is 3.46. The molecule has 3 aromatic rings. The van der Waals surface area contributed by atoms with Crippen molar-refractivity contribution < 1.29 is 0 Å². The summed E-state index contributed by atoms with van der Waals surface area (Å²) in [5, 5.41) is 3.71. The van der Waals surface area contributed by atoms with E-state index in [9.17, 15) is 0 Å². The molecule has 0 unspecified atom stereocenters. The van der Waals surface area contributed by atoms with E-state index in [2.05, 4.69) is 98.9 Å². The number of rotatable bonds is 5. The van der Waals surface area contributed by atoms with Crippen LogP contribution in [0.5, 0.6) is 0 Å². The maximum atomic E-state index is 3.71. The van der Waals surface area contributed by atoms with E-state index in [1.165, 1.54) is 33.5 Å². The number of aryl methyl sites for hydroxylation is 3. The summed E-state index contributed by atoms with van der Waals surface area (Å²) < 4.78 is 0. The van der Waals surface area contributed by atoms with E-state index in [1.807, 2.05) is 0 Å². The second kappa shape index (κ2) is 7.35. The smallest absolute Gasteiger partial charge is 0.0400 e. The summed E-state index contributed by atoms with van der Waals surface area (Å²) in [6, 6.07) is 26.0. The Labute approximate surface area is 145 Å². The Morgan fingerprint density at radius 2 is 1.17 bits per heavy atom. The molecule has 0 saturated heterocycles. The van der Waals surface area contributed by atoms with Gasteiger partial charge in [0.2, 0.25) is 0 Å². The van der Waals surface area contributed by atoms with E-state index in [-0.39, 0.29) is 0 Å². The molecular weight excluding hydrogens is 290 g/mol. The van der Waals surface area contributed by atoms with Crippen LogP contribution in [0, 0.1) is 20.8 Å². The van der Waals surface area contributed by atoms with Crippen LogP contribution in [-0.4, -0.2) is 6.54 Å². The Morgan fingerprint density at radius 3 is 1.62 bits per heavy atom. The molecule has 0 radical (unpaired) electrons. The van der Waals surface area contributed by atoms with Gasteiger partial charge < -0.3 is 5.32 Å². The molecule has 0 aliphatic heterocycles. The summed E-state index contributed by atoms with van der Waals surface area (Å²) in [6.45, 7) is 7.41. The number of benzene rings is 3. The van der Waals surface area contributed by atoms with Crippen molar-refractivity contribution in [3.8, 4) is 0 Å². The summed E-state index contributed by atoms with van der Waals surface area (Å²) in [4.78, 5) is 0. The van der Waals surface area contributed by atoms with Crippen molar-refractivity contribution in [3.05, 3.63) is 101 Å². The van der Waals surface area contributed by atoms with Crippen molar-refractivity contribution >= 4 is 5.69 Å². The topological polar surface area (TPSA) is 12.0 Å². The molecular formula is C23H25N. The minimum Gasteiger partial charge on any atom is -0.384 e. The van der Waals surface area contributed by atoms with E-state index in [1.54, 1.807) is 0 Å². The van der Waals surface area contributed by atoms with Crippen LogP contribution in [0.25, 0.3) is 0 Å². The average Bonchev–Trinajstić information content (AvgIpc) is 2.59. The Hall–Kier alpha value is -2.54. The molecule has 0 bridgehead atoms. The van der Waals surface area contributed by atoms with E-state index in [4.69, 9.17) is 0 Å². The number of hydrogen-bond donors (Lipinski definition) is 1. The molecule has 0 saturated carbocycles. The van der Waals surface area contributed by atoms with Crippen LogP contribution >= 0.6 is 0 Å². The molecule has 122 valence electrons. The van der Waals surface area contributed by atoms with Gasteiger partial charge >= 0.3 is 0 Å². The van der Waals surface area contributed by atoms with Crippen LogP contribution in [0.1, 0.15) is 33.7 Å². The first-order valence-electron chi connectivity index (χ1n) is 8.57. The van der Waals surface area contributed by atoms with Gasteiger partial charge in [-0.1, -0.05) is 78.4 Å². The minimum absolute atomic E-state index is 0.340. The molecule has 0 aliphatic carbocycles. The van der Waals surface area contributed by atoms with Crippen molar-refractivity contribution in [1.29, 1.82) is 0 Å². The van der Waals surface area contributed by atoms with Crippen molar-refractivity contribution in [3.63, 3.8) is 0 Å². The molecule has 0 amide bonds. The highest BCUT2D eigenvalue weighted by Gasteiger charge is 2.14. The third kappa shape index (κ3) is 3.68. The van der Waals surface area contributed by atoms with E-state index in [0.717, 1.165) is 6.54 Å². The van der Waals surface area contributed by atoms with Crippen LogP contribution in [0.4, 0.5) is 5.69 Å². The maximum Gasteiger partial charge on any atom is 0.0400 e. The van der Waals surface area contributed by atoms with Crippen LogP contribution in [0.3, 0.4) is 0 Å². The van der Waals surface area contributed by atoms with Gasteiger partial charge in [-0.2, -0.15) is 0 Å². The lowest BCUT2D eigenvalue weighted by Gasteiger charge is -2.21. The van der Waals surface area contributed by atoms with Gasteiger partial charge in [0.25, 0.3) is 0 Å². The lowest BCUT2D eigenvalue weighted by atomic mass is 9.91. The molecule has 0 aliphatic rings. The summed E-state index contributed by atoms with van der Waals surface area (Å²) in [6.07, 6.45) is 0. The summed E-state index contributed by atoms with van der Waals surface area (Å²) in [5.74, 6) is 0.340. The fourth-order valence-corrected chi connectivity index (χ4v) is 3.46. The highest BCUT2D eigenvalue weighted by atomic mass is 14.9. The second-order valence-corrected chi connectivity index (χ2v) is 6.53. The average molecular weight is 315 g/mol. The summed E-state index contributed by atoms with van der Waals surface area (Å²) >= 11 is 0. The van der Waals surface area contributed by atoms with Crippen molar-refractivity contribution in [2.45, 2.75) is 26.7 Å². The standard InChI is InChI=1S/C23H25N/c1-17-14-18(2)23(19(3)15-17)24-16-22(20-10-6-4-7-11-20)21-12-8-5-9-13-21/h4-15,22,24H,16H2,1-3H3. The maximum absolute atomic E-state index is 3.71. The molecule has 1 heteroatoms. The molecule has 0 heterocycles. The quantitative estimate of drug-likeness (QED) is 0.622. The first-order valence-corrected chi connectivity index (χ1v) is 8.57. The molecule has 24 heavy (non-hydrogen) atoms. The Kier molecular flexibility index (Phi) is 5.00. The zero-order valence-electron chi connectivity index (χ0n) is 14.7. The predicted molar refractivity (Wildman–Crippen MR) is 104 cm³/mol. The van der Waals surface area contributed by atoms with E-state index in [0.29, 0.717) is 5.92 Å². The Balaban J connectivity index is 1.89. The summed E-state index contributed by atoms with van der Waals surface area (Å²) in [5.41, 5.74) is 7.90. The normalized spacial score (nSPS) is 10.8. The molecule has 0 aromatic heterocycles. The Morgan fingerprint density at radius 1 is 0.708 bits per heavy atom. The van der Waals surface area contributed by atoms with E-state index < -0.39 is 0 Å². The molecule has 0 atom stereocenters. The van der Waals surface area contributed by atoms with Gasteiger partial charge in [0, 0.05) is 18.2 Å². The lowest BCUT2D eigenvalue weighted by molar-refractivity contribution is 0.851. The van der Waals surface area contributed by atoms with Gasteiger partial charge in [0.05, 0.1) is 0 Å². The number of nitrogens with one attached hydrogen (secondary N) is 1. The first-order chi connectivity index (χ1) is 11.6. The third-order valence-corrected chi connectivity index (χ3v) is 4.56. The van der Waals surface area contributed by atoms with Crippen LogP contribution in [0.15, 0.2) is 72.8 Å². The van der Waals surface area contributed by atoms with Gasteiger partial charge in [0.1, 0.15) is 0 Å². The van der Waals surface area contributed by atoms with Gasteiger partial charge in [-0.15, -0.1) is 0 Å². The van der Waals surface area contributed by atoms with Crippen molar-refractivity contribution in [1.82, 2.24) is 0 Å². The third-order valence-electron chi connectivity index (χ3n) is 4.56. The molecule has 0 spiro atoms. The molecule has 1 nitrogen and oxygen atoms in total. The molecule has 0 fully saturated rings. The minimum atomic E-state index is 0.340. The second-order valence-electron chi connectivity index (χ2n) is 6.53. The highest BCUT2D eigenvalue weighted by molar-refractivity contribution is 5.58. The van der Waals surface area contributed by atoms with Gasteiger partial charge in [0.15, 0.2) is 0 Å². The SMILES string of the molecule is Cc1cc(C)c(NCC(c2ccccc2)c2ccccc2)c(C)c1. The predicted octanol–water partition coefficient (Wildman–Crippen LogP) is 5.86. The van der Waals surface area contributed by atoms with Crippen LogP contribution in [0.2, 0.25) is 0 Å². The van der Waals surface area contributed by atoms with Gasteiger partial charge in [-0.25, -0.2) is 0 Å². The monoisotopic (exact) mass is 315 g/mol. The van der Waals surface area contributed by atoms with Gasteiger partial charge in [-0.3, -0.25) is 0 Å². The zero-order chi connectivity index (χ0) is 16.9. The van der Waals surface area contributed by atoms with Crippen LogP contribution < -0.4 is 5.32 Å². The number of hydrogen-bond acceptors (Lipinski definition) is 1. The Bertz CT molecular complexity index is 728. The summed E-state index contributed by atoms with van der Waals surface area (Å²) in [7, 11) is 0. The zero-order valence-corrected chi connectivity index (χ0v) is 14.7. The van der Waals surface area contributed by atoms with Crippen molar-refractivity contribution in [2.24, 2.45) is 0 Å². The van der Waals surface area contributed by atoms with Crippen molar-refractivity contribution in [2.75, 3.05) is 11.9 Å². The van der Waals surface area contributed by atoms with Gasteiger partial charge in [-0.05, 0) is 43.0 Å².